The molecule has 22 heavy (non-hydrogen) atoms. The van der Waals surface area contributed by atoms with Crippen molar-refractivity contribution in [3.8, 4) is 0 Å². The smallest absolute Gasteiger partial charge is 0.262 e. The highest BCUT2D eigenvalue weighted by molar-refractivity contribution is 7.20. The fraction of sp³-hybridized carbons (Fsp3) is 0.562. The van der Waals surface area contributed by atoms with Gasteiger partial charge in [-0.3, -0.25) is 9.59 Å². The number of hydrogen-bond acceptors (Lipinski definition) is 4. The lowest BCUT2D eigenvalue weighted by atomic mass is 9.86. The highest BCUT2D eigenvalue weighted by Gasteiger charge is 2.25. The standard InChI is InChI=1S/C16H21N3O2S/c1-9-6-4-5-7-11(9)18-14(20)13-10(2)12-15(22-13)17-8-19(3)16(12)21/h8-9,11H,4-7H2,1-3H3,(H,18,20)/t9-,11-/m1/s1. The average molecular weight is 319 g/mol. The molecule has 1 saturated carbocycles. The fourth-order valence-electron chi connectivity index (χ4n) is 3.19. The van der Waals surface area contributed by atoms with E-state index in [0.717, 1.165) is 12.0 Å². The Hall–Kier alpha value is -1.69. The van der Waals surface area contributed by atoms with Gasteiger partial charge in [0.05, 0.1) is 16.6 Å². The quantitative estimate of drug-likeness (QED) is 0.925. The van der Waals surface area contributed by atoms with Crippen LogP contribution < -0.4 is 10.9 Å². The zero-order valence-corrected chi connectivity index (χ0v) is 14.0. The number of nitrogens with zero attached hydrogens (tertiary/aromatic N) is 2. The number of carbonyl (C=O) groups excluding carboxylic acids is 1. The number of fused-ring (bicyclic) bond motifs is 1. The molecule has 5 nitrogen and oxygen atoms in total. The second kappa shape index (κ2) is 5.83. The Labute approximate surface area is 133 Å². The largest absolute Gasteiger partial charge is 0.348 e. The summed E-state index contributed by atoms with van der Waals surface area (Å²) in [5.41, 5.74) is 0.651. The Morgan fingerprint density at radius 2 is 2.14 bits per heavy atom. The molecular formula is C16H21N3O2S. The first-order valence-corrected chi connectivity index (χ1v) is 8.56. The predicted octanol–water partition coefficient (Wildman–Crippen LogP) is 2.61. The van der Waals surface area contributed by atoms with Gasteiger partial charge in [0.2, 0.25) is 0 Å². The Morgan fingerprint density at radius 3 is 2.86 bits per heavy atom. The van der Waals surface area contributed by atoms with Crippen LogP contribution in [0.15, 0.2) is 11.1 Å². The molecule has 0 radical (unpaired) electrons. The van der Waals surface area contributed by atoms with E-state index < -0.39 is 0 Å². The third-order valence-corrected chi connectivity index (χ3v) is 5.84. The molecule has 0 aromatic carbocycles. The van der Waals surface area contributed by atoms with Gasteiger partial charge in [-0.1, -0.05) is 19.8 Å². The SMILES string of the molecule is Cc1c(C(=O)N[C@@H]2CCCC[C@H]2C)sc2ncn(C)c(=O)c12. The van der Waals surface area contributed by atoms with Crippen molar-refractivity contribution in [3.05, 3.63) is 27.1 Å². The van der Waals surface area contributed by atoms with E-state index in [-0.39, 0.29) is 17.5 Å². The molecule has 0 aliphatic heterocycles. The molecule has 1 aliphatic carbocycles. The van der Waals surface area contributed by atoms with Gasteiger partial charge in [-0.2, -0.15) is 0 Å². The molecule has 1 amide bonds. The molecule has 1 fully saturated rings. The summed E-state index contributed by atoms with van der Waals surface area (Å²) in [5, 5.41) is 3.72. The summed E-state index contributed by atoms with van der Waals surface area (Å²) in [5.74, 6) is 0.444. The van der Waals surface area contributed by atoms with E-state index in [2.05, 4.69) is 17.2 Å². The van der Waals surface area contributed by atoms with Crippen LogP contribution in [-0.4, -0.2) is 21.5 Å². The van der Waals surface area contributed by atoms with Gasteiger partial charge in [0.25, 0.3) is 11.5 Å². The molecular weight excluding hydrogens is 298 g/mol. The maximum Gasteiger partial charge on any atom is 0.262 e. The topological polar surface area (TPSA) is 64.0 Å². The molecule has 0 spiro atoms. The van der Waals surface area contributed by atoms with Crippen molar-refractivity contribution in [1.29, 1.82) is 0 Å². The van der Waals surface area contributed by atoms with Crippen molar-refractivity contribution in [2.75, 3.05) is 0 Å². The van der Waals surface area contributed by atoms with Crippen LogP contribution >= 0.6 is 11.3 Å². The predicted molar refractivity (Wildman–Crippen MR) is 88.5 cm³/mol. The van der Waals surface area contributed by atoms with Gasteiger partial charge < -0.3 is 9.88 Å². The summed E-state index contributed by atoms with van der Waals surface area (Å²) in [6.45, 7) is 4.03. The summed E-state index contributed by atoms with van der Waals surface area (Å²) in [6.07, 6.45) is 6.12. The number of carbonyl (C=O) groups is 1. The highest BCUT2D eigenvalue weighted by Crippen LogP contribution is 2.28. The van der Waals surface area contributed by atoms with Crippen molar-refractivity contribution >= 4 is 27.5 Å². The van der Waals surface area contributed by atoms with Crippen LogP contribution in [0.25, 0.3) is 10.2 Å². The number of hydrogen-bond donors (Lipinski definition) is 1. The van der Waals surface area contributed by atoms with E-state index in [0.29, 0.717) is 21.0 Å². The summed E-state index contributed by atoms with van der Waals surface area (Å²) >= 11 is 1.31. The van der Waals surface area contributed by atoms with Crippen LogP contribution in [0.2, 0.25) is 0 Å². The van der Waals surface area contributed by atoms with Crippen LogP contribution in [-0.2, 0) is 7.05 Å². The molecule has 3 rings (SSSR count). The lowest BCUT2D eigenvalue weighted by molar-refractivity contribution is 0.0914. The van der Waals surface area contributed by atoms with Gasteiger partial charge in [-0.25, -0.2) is 4.98 Å². The average Bonchev–Trinajstić information content (AvgIpc) is 2.83. The third kappa shape index (κ3) is 2.56. The first kappa shape index (κ1) is 15.2. The van der Waals surface area contributed by atoms with Crippen LogP contribution in [0.1, 0.15) is 47.8 Å². The number of aromatic nitrogens is 2. The van der Waals surface area contributed by atoms with Crippen molar-refractivity contribution in [2.45, 2.75) is 45.6 Å². The highest BCUT2D eigenvalue weighted by atomic mass is 32.1. The van der Waals surface area contributed by atoms with E-state index in [9.17, 15) is 9.59 Å². The lowest BCUT2D eigenvalue weighted by Crippen LogP contribution is -2.41. The second-order valence-electron chi connectivity index (χ2n) is 6.24. The molecule has 2 heterocycles. The number of nitrogens with one attached hydrogen (secondary N) is 1. The third-order valence-electron chi connectivity index (χ3n) is 4.64. The first-order chi connectivity index (χ1) is 10.5. The fourth-order valence-corrected chi connectivity index (χ4v) is 4.23. The van der Waals surface area contributed by atoms with E-state index in [1.54, 1.807) is 7.05 Å². The summed E-state index contributed by atoms with van der Waals surface area (Å²) in [7, 11) is 1.68. The van der Waals surface area contributed by atoms with E-state index in [1.807, 2.05) is 6.92 Å². The minimum Gasteiger partial charge on any atom is -0.348 e. The zero-order valence-electron chi connectivity index (χ0n) is 13.2. The Balaban J connectivity index is 1.93. The molecule has 1 N–H and O–H groups in total. The minimum atomic E-state index is -0.0937. The van der Waals surface area contributed by atoms with Gasteiger partial charge in [-0.05, 0) is 31.2 Å². The zero-order chi connectivity index (χ0) is 15.9. The minimum absolute atomic E-state index is 0.0682. The molecule has 0 bridgehead atoms. The van der Waals surface area contributed by atoms with E-state index >= 15 is 0 Å². The van der Waals surface area contributed by atoms with Gasteiger partial charge in [0.1, 0.15) is 4.83 Å². The Morgan fingerprint density at radius 1 is 1.41 bits per heavy atom. The van der Waals surface area contributed by atoms with Gasteiger partial charge in [0.15, 0.2) is 0 Å². The van der Waals surface area contributed by atoms with Gasteiger partial charge in [0, 0.05) is 13.1 Å². The van der Waals surface area contributed by atoms with Crippen molar-refractivity contribution in [1.82, 2.24) is 14.9 Å². The van der Waals surface area contributed by atoms with Gasteiger partial charge >= 0.3 is 0 Å². The van der Waals surface area contributed by atoms with E-state index in [4.69, 9.17) is 0 Å². The molecule has 2 aromatic heterocycles. The lowest BCUT2D eigenvalue weighted by Gasteiger charge is -2.29. The van der Waals surface area contributed by atoms with Gasteiger partial charge in [-0.15, -0.1) is 11.3 Å². The monoisotopic (exact) mass is 319 g/mol. The van der Waals surface area contributed by atoms with E-state index in [1.165, 1.54) is 41.5 Å². The number of thiophene rings is 1. The molecule has 6 heteroatoms. The molecule has 118 valence electrons. The summed E-state index contributed by atoms with van der Waals surface area (Å²) < 4.78 is 1.45. The normalized spacial score (nSPS) is 22.0. The summed E-state index contributed by atoms with van der Waals surface area (Å²) in [6, 6.07) is 0.238. The Kier molecular flexibility index (Phi) is 4.04. The number of amides is 1. The number of aryl methyl sites for hydroxylation is 2. The van der Waals surface area contributed by atoms with Crippen LogP contribution in [0.5, 0.6) is 0 Å². The van der Waals surface area contributed by atoms with Crippen molar-refractivity contribution < 1.29 is 4.79 Å². The molecule has 0 unspecified atom stereocenters. The second-order valence-corrected chi connectivity index (χ2v) is 7.24. The maximum atomic E-state index is 12.6. The molecule has 0 saturated heterocycles. The van der Waals surface area contributed by atoms with Crippen LogP contribution in [0.4, 0.5) is 0 Å². The van der Waals surface area contributed by atoms with Crippen LogP contribution in [0.3, 0.4) is 0 Å². The Bertz CT molecular complexity index is 778. The summed E-state index contributed by atoms with van der Waals surface area (Å²) in [4.78, 5) is 30.4. The van der Waals surface area contributed by atoms with Crippen LogP contribution in [0, 0.1) is 12.8 Å². The molecule has 1 aliphatic rings. The number of rotatable bonds is 2. The molecule has 2 aromatic rings. The maximum absolute atomic E-state index is 12.6. The van der Waals surface area contributed by atoms with Crippen molar-refractivity contribution in [2.24, 2.45) is 13.0 Å². The van der Waals surface area contributed by atoms with Crippen molar-refractivity contribution in [3.63, 3.8) is 0 Å². The molecule has 2 atom stereocenters. The first-order valence-electron chi connectivity index (χ1n) is 7.74.